The molecule has 2 amide bonds. The van der Waals surface area contributed by atoms with E-state index in [1.54, 1.807) is 31.3 Å². The zero-order valence-electron chi connectivity index (χ0n) is 18.9. The molecular formula is C27H30N4O2. The highest BCUT2D eigenvalue weighted by atomic mass is 16.2. The fourth-order valence-electron chi connectivity index (χ4n) is 4.07. The van der Waals surface area contributed by atoms with Crippen LogP contribution in [0.2, 0.25) is 0 Å². The summed E-state index contributed by atoms with van der Waals surface area (Å²) in [6.45, 7) is 5.61. The zero-order valence-corrected chi connectivity index (χ0v) is 18.9. The molecule has 0 spiro atoms. The smallest absolute Gasteiger partial charge is 0.251 e. The van der Waals surface area contributed by atoms with Crippen molar-refractivity contribution in [2.24, 2.45) is 0 Å². The molecule has 1 saturated heterocycles. The topological polar surface area (TPSA) is 73.5 Å². The monoisotopic (exact) mass is 442 g/mol. The molecule has 4 rings (SSSR count). The Morgan fingerprint density at radius 3 is 2.12 bits per heavy atom. The van der Waals surface area contributed by atoms with E-state index in [0.29, 0.717) is 17.7 Å². The molecule has 0 saturated carbocycles. The summed E-state index contributed by atoms with van der Waals surface area (Å²) >= 11 is 0. The van der Waals surface area contributed by atoms with Crippen LogP contribution in [-0.4, -0.2) is 49.9 Å². The van der Waals surface area contributed by atoms with Crippen LogP contribution in [0.25, 0.3) is 11.1 Å². The Kier molecular flexibility index (Phi) is 7.50. The normalized spacial score (nSPS) is 14.0. The fourth-order valence-corrected chi connectivity index (χ4v) is 4.07. The average Bonchev–Trinajstić information content (AvgIpc) is 2.88. The van der Waals surface area contributed by atoms with Crippen molar-refractivity contribution in [3.05, 3.63) is 95.1 Å². The van der Waals surface area contributed by atoms with E-state index in [4.69, 9.17) is 0 Å². The SMILES string of the molecule is CNC(=O)c1cccc(C(=O)NCc2cccc(-c3cccc(CN4CCNCC4)c3)c2)c1. The number of carbonyl (C=O) groups excluding carboxylic acids is 2. The molecule has 0 radical (unpaired) electrons. The highest BCUT2D eigenvalue weighted by Crippen LogP contribution is 2.22. The van der Waals surface area contributed by atoms with Crippen LogP contribution >= 0.6 is 0 Å². The molecular weight excluding hydrogens is 412 g/mol. The van der Waals surface area contributed by atoms with Crippen LogP contribution in [0, 0.1) is 0 Å². The van der Waals surface area contributed by atoms with E-state index in [-0.39, 0.29) is 11.8 Å². The lowest BCUT2D eigenvalue weighted by Crippen LogP contribution is -2.42. The van der Waals surface area contributed by atoms with Crippen LogP contribution in [0.1, 0.15) is 31.8 Å². The third-order valence-corrected chi connectivity index (χ3v) is 5.87. The van der Waals surface area contributed by atoms with Gasteiger partial charge in [0.05, 0.1) is 0 Å². The molecule has 6 heteroatoms. The minimum atomic E-state index is -0.212. The first kappa shape index (κ1) is 22.7. The van der Waals surface area contributed by atoms with E-state index in [0.717, 1.165) is 43.9 Å². The van der Waals surface area contributed by atoms with Gasteiger partial charge in [0.2, 0.25) is 0 Å². The summed E-state index contributed by atoms with van der Waals surface area (Å²) < 4.78 is 0. The quantitative estimate of drug-likeness (QED) is 0.526. The van der Waals surface area contributed by atoms with Crippen LogP contribution < -0.4 is 16.0 Å². The van der Waals surface area contributed by atoms with E-state index in [9.17, 15) is 9.59 Å². The number of piperazine rings is 1. The summed E-state index contributed by atoms with van der Waals surface area (Å²) in [5.41, 5.74) is 5.57. The van der Waals surface area contributed by atoms with Crippen molar-refractivity contribution in [2.45, 2.75) is 13.1 Å². The van der Waals surface area contributed by atoms with Crippen molar-refractivity contribution in [3.8, 4) is 11.1 Å². The van der Waals surface area contributed by atoms with Gasteiger partial charge in [-0.25, -0.2) is 0 Å². The van der Waals surface area contributed by atoms with E-state index in [1.165, 1.54) is 11.1 Å². The molecule has 1 heterocycles. The second kappa shape index (κ2) is 10.9. The average molecular weight is 443 g/mol. The van der Waals surface area contributed by atoms with Gasteiger partial charge in [0.1, 0.15) is 0 Å². The van der Waals surface area contributed by atoms with Crippen LogP contribution in [0.3, 0.4) is 0 Å². The molecule has 0 bridgehead atoms. The Labute approximate surface area is 195 Å². The van der Waals surface area contributed by atoms with Gasteiger partial charge in [-0.3, -0.25) is 14.5 Å². The summed E-state index contributed by atoms with van der Waals surface area (Å²) in [5.74, 6) is -0.416. The summed E-state index contributed by atoms with van der Waals surface area (Å²) in [5, 5.41) is 8.93. The van der Waals surface area contributed by atoms with E-state index in [1.807, 2.05) is 12.1 Å². The molecule has 1 aliphatic rings. The summed E-state index contributed by atoms with van der Waals surface area (Å²) in [4.78, 5) is 26.9. The predicted molar refractivity (Wildman–Crippen MR) is 131 cm³/mol. The number of hydrogen-bond donors (Lipinski definition) is 3. The molecule has 3 aromatic carbocycles. The molecule has 1 fully saturated rings. The van der Waals surface area contributed by atoms with Gasteiger partial charge in [-0.1, -0.05) is 42.5 Å². The third kappa shape index (κ3) is 6.06. The Bertz CT molecular complexity index is 1120. The molecule has 170 valence electrons. The van der Waals surface area contributed by atoms with Crippen molar-refractivity contribution < 1.29 is 9.59 Å². The molecule has 0 aromatic heterocycles. The lowest BCUT2D eigenvalue weighted by Gasteiger charge is -2.27. The Balaban J connectivity index is 1.41. The molecule has 0 unspecified atom stereocenters. The summed E-state index contributed by atoms with van der Waals surface area (Å²) in [6.07, 6.45) is 0. The predicted octanol–water partition coefficient (Wildman–Crippen LogP) is 3.05. The second-order valence-corrected chi connectivity index (χ2v) is 8.27. The molecule has 33 heavy (non-hydrogen) atoms. The Hall–Kier alpha value is -3.48. The standard InChI is InChI=1S/C27H30N4O2/c1-28-26(32)24-9-4-10-25(17-24)27(33)30-18-20-5-2-7-22(15-20)23-8-3-6-21(16-23)19-31-13-11-29-12-14-31/h2-10,15-17,29H,11-14,18-19H2,1H3,(H,28,32)(H,30,33). The highest BCUT2D eigenvalue weighted by Gasteiger charge is 2.11. The first-order valence-electron chi connectivity index (χ1n) is 11.3. The van der Waals surface area contributed by atoms with Crippen molar-refractivity contribution in [3.63, 3.8) is 0 Å². The minimum Gasteiger partial charge on any atom is -0.355 e. The first-order valence-corrected chi connectivity index (χ1v) is 11.3. The van der Waals surface area contributed by atoms with Gasteiger partial charge < -0.3 is 16.0 Å². The van der Waals surface area contributed by atoms with Crippen LogP contribution in [-0.2, 0) is 13.1 Å². The zero-order chi connectivity index (χ0) is 23.0. The van der Waals surface area contributed by atoms with Crippen LogP contribution in [0.15, 0.2) is 72.8 Å². The van der Waals surface area contributed by atoms with Gasteiger partial charge in [-0.15, -0.1) is 0 Å². The lowest BCUT2D eigenvalue weighted by molar-refractivity contribution is 0.0951. The minimum absolute atomic E-state index is 0.204. The van der Waals surface area contributed by atoms with Gasteiger partial charge in [0.25, 0.3) is 11.8 Å². The number of carbonyl (C=O) groups is 2. The number of nitrogens with zero attached hydrogens (tertiary/aromatic N) is 1. The lowest BCUT2D eigenvalue weighted by atomic mass is 10.0. The van der Waals surface area contributed by atoms with Crippen molar-refractivity contribution in [2.75, 3.05) is 33.2 Å². The van der Waals surface area contributed by atoms with Crippen molar-refractivity contribution in [1.82, 2.24) is 20.9 Å². The molecule has 0 atom stereocenters. The van der Waals surface area contributed by atoms with E-state index in [2.05, 4.69) is 57.2 Å². The van der Waals surface area contributed by atoms with Crippen molar-refractivity contribution in [1.29, 1.82) is 0 Å². The van der Waals surface area contributed by atoms with E-state index >= 15 is 0 Å². The van der Waals surface area contributed by atoms with Gasteiger partial charge in [-0.05, 0) is 52.6 Å². The Morgan fingerprint density at radius 1 is 0.818 bits per heavy atom. The third-order valence-electron chi connectivity index (χ3n) is 5.87. The number of nitrogens with one attached hydrogen (secondary N) is 3. The van der Waals surface area contributed by atoms with Crippen LogP contribution in [0.5, 0.6) is 0 Å². The number of rotatable bonds is 7. The molecule has 3 aromatic rings. The summed E-state index contributed by atoms with van der Waals surface area (Å²) in [7, 11) is 1.57. The number of hydrogen-bond acceptors (Lipinski definition) is 4. The maximum absolute atomic E-state index is 12.6. The highest BCUT2D eigenvalue weighted by molar-refractivity contribution is 5.99. The van der Waals surface area contributed by atoms with Gasteiger partial charge >= 0.3 is 0 Å². The summed E-state index contributed by atoms with van der Waals surface area (Å²) in [6, 6.07) is 23.6. The van der Waals surface area contributed by atoms with Gasteiger partial charge in [0, 0.05) is 57.4 Å². The fraction of sp³-hybridized carbons (Fsp3) is 0.259. The molecule has 1 aliphatic heterocycles. The van der Waals surface area contributed by atoms with Crippen LogP contribution in [0.4, 0.5) is 0 Å². The van der Waals surface area contributed by atoms with E-state index < -0.39 is 0 Å². The molecule has 6 nitrogen and oxygen atoms in total. The number of benzene rings is 3. The maximum atomic E-state index is 12.6. The van der Waals surface area contributed by atoms with Gasteiger partial charge in [-0.2, -0.15) is 0 Å². The number of amides is 2. The van der Waals surface area contributed by atoms with Crippen molar-refractivity contribution >= 4 is 11.8 Å². The maximum Gasteiger partial charge on any atom is 0.251 e. The second-order valence-electron chi connectivity index (χ2n) is 8.27. The van der Waals surface area contributed by atoms with Gasteiger partial charge in [0.15, 0.2) is 0 Å². The molecule has 3 N–H and O–H groups in total. The Morgan fingerprint density at radius 2 is 1.42 bits per heavy atom. The first-order chi connectivity index (χ1) is 16.1. The largest absolute Gasteiger partial charge is 0.355 e. The molecule has 0 aliphatic carbocycles.